The fraction of sp³-hybridized carbons (Fsp3) is 0.583. The third-order valence-electron chi connectivity index (χ3n) is 3.07. The van der Waals surface area contributed by atoms with Gasteiger partial charge in [-0.25, -0.2) is 0 Å². The molecule has 1 fully saturated rings. The highest BCUT2D eigenvalue weighted by Gasteiger charge is 2.40. The number of rotatable bonds is 2. The Morgan fingerprint density at radius 1 is 1.38 bits per heavy atom. The van der Waals surface area contributed by atoms with Gasteiger partial charge < -0.3 is 0 Å². The summed E-state index contributed by atoms with van der Waals surface area (Å²) >= 11 is 0. The highest BCUT2D eigenvalue weighted by Crippen LogP contribution is 2.46. The minimum atomic E-state index is 0.408. The van der Waals surface area contributed by atoms with Crippen LogP contribution >= 0.6 is 0 Å². The van der Waals surface area contributed by atoms with Gasteiger partial charge in [0.05, 0.1) is 0 Å². The molecule has 0 radical (unpaired) electrons. The second kappa shape index (κ2) is 2.83. The van der Waals surface area contributed by atoms with Crippen LogP contribution in [0.1, 0.15) is 50.8 Å². The normalized spacial score (nSPS) is 19.1. The molecule has 1 saturated carbocycles. The van der Waals surface area contributed by atoms with Gasteiger partial charge in [-0.1, -0.05) is 20.8 Å². The van der Waals surface area contributed by atoms with Crippen molar-refractivity contribution in [1.29, 1.82) is 0 Å². The van der Waals surface area contributed by atoms with E-state index in [9.17, 15) is 0 Å². The Labute approximate surface area is 80.2 Å². The van der Waals surface area contributed by atoms with Crippen molar-refractivity contribution in [2.24, 2.45) is 0 Å². The molecule has 0 aromatic carbocycles. The second-order valence-corrected chi connectivity index (χ2v) is 4.69. The minimum absolute atomic E-state index is 0.408. The minimum Gasteiger partial charge on any atom is -0.261 e. The van der Waals surface area contributed by atoms with Crippen molar-refractivity contribution in [3.05, 3.63) is 29.6 Å². The molecular formula is C12H17N. The van der Waals surface area contributed by atoms with Crippen LogP contribution in [-0.2, 0) is 5.41 Å². The first kappa shape index (κ1) is 8.74. The van der Waals surface area contributed by atoms with Crippen molar-refractivity contribution >= 4 is 0 Å². The number of aromatic nitrogens is 1. The molecular weight excluding hydrogens is 158 g/mol. The highest BCUT2D eigenvalue weighted by atomic mass is 14.7. The van der Waals surface area contributed by atoms with E-state index in [1.54, 1.807) is 0 Å². The zero-order valence-corrected chi connectivity index (χ0v) is 8.67. The Bertz CT molecular complexity index is 311. The second-order valence-electron chi connectivity index (χ2n) is 4.69. The van der Waals surface area contributed by atoms with Crippen LogP contribution in [0.4, 0.5) is 0 Å². The third-order valence-corrected chi connectivity index (χ3v) is 3.07. The fourth-order valence-corrected chi connectivity index (χ4v) is 1.58. The molecule has 0 aliphatic heterocycles. The molecule has 0 bridgehead atoms. The average molecular weight is 175 g/mol. The molecule has 0 atom stereocenters. The zero-order valence-electron chi connectivity index (χ0n) is 8.67. The summed E-state index contributed by atoms with van der Waals surface area (Å²) < 4.78 is 0. The van der Waals surface area contributed by atoms with Crippen molar-refractivity contribution < 1.29 is 0 Å². The maximum Gasteiger partial charge on any atom is 0.0465 e. The summed E-state index contributed by atoms with van der Waals surface area (Å²) in [5.41, 5.74) is 3.11. The van der Waals surface area contributed by atoms with Crippen LogP contribution in [-0.4, -0.2) is 4.98 Å². The van der Waals surface area contributed by atoms with Crippen molar-refractivity contribution in [3.8, 4) is 0 Å². The molecule has 1 nitrogen and oxygen atoms in total. The van der Waals surface area contributed by atoms with E-state index in [1.165, 1.54) is 24.1 Å². The quantitative estimate of drug-likeness (QED) is 0.672. The first-order valence-corrected chi connectivity index (χ1v) is 5.08. The van der Waals surface area contributed by atoms with Crippen molar-refractivity contribution in [1.82, 2.24) is 4.98 Å². The van der Waals surface area contributed by atoms with E-state index < -0.39 is 0 Å². The first-order valence-electron chi connectivity index (χ1n) is 5.08. The number of hydrogen-bond donors (Lipinski definition) is 0. The molecule has 0 N–H and O–H groups in total. The van der Waals surface area contributed by atoms with Crippen molar-refractivity contribution in [3.63, 3.8) is 0 Å². The van der Waals surface area contributed by atoms with Crippen LogP contribution in [0.25, 0.3) is 0 Å². The summed E-state index contributed by atoms with van der Waals surface area (Å²) in [6, 6.07) is 4.40. The van der Waals surface area contributed by atoms with E-state index in [1.807, 2.05) is 6.20 Å². The molecule has 1 aromatic heterocycles. The summed E-state index contributed by atoms with van der Waals surface area (Å²) in [5.74, 6) is 0.615. The van der Waals surface area contributed by atoms with E-state index in [0.717, 1.165) is 0 Å². The molecule has 1 aliphatic rings. The van der Waals surface area contributed by atoms with Gasteiger partial charge >= 0.3 is 0 Å². The van der Waals surface area contributed by atoms with Gasteiger partial charge in [-0.3, -0.25) is 4.98 Å². The standard InChI is InChI=1S/C12H17N/c1-9(2)10-4-7-13-11(8-10)12(3)5-6-12/h4,7-9H,5-6H2,1-3H3. The van der Waals surface area contributed by atoms with Gasteiger partial charge in [0, 0.05) is 17.3 Å². The maximum absolute atomic E-state index is 4.46. The Balaban J connectivity index is 2.33. The molecule has 0 amide bonds. The Morgan fingerprint density at radius 2 is 2.08 bits per heavy atom. The predicted octanol–water partition coefficient (Wildman–Crippen LogP) is 3.26. The summed E-state index contributed by atoms with van der Waals surface area (Å²) in [7, 11) is 0. The largest absolute Gasteiger partial charge is 0.261 e. The topological polar surface area (TPSA) is 12.9 Å². The fourth-order valence-electron chi connectivity index (χ4n) is 1.58. The Kier molecular flexibility index (Phi) is 1.90. The van der Waals surface area contributed by atoms with Gasteiger partial charge in [-0.05, 0) is 36.5 Å². The van der Waals surface area contributed by atoms with Gasteiger partial charge in [0.1, 0.15) is 0 Å². The third kappa shape index (κ3) is 1.60. The predicted molar refractivity (Wildman–Crippen MR) is 54.9 cm³/mol. The van der Waals surface area contributed by atoms with Crippen LogP contribution in [0.3, 0.4) is 0 Å². The molecule has 1 aromatic rings. The highest BCUT2D eigenvalue weighted by molar-refractivity contribution is 5.28. The van der Waals surface area contributed by atoms with Crippen molar-refractivity contribution in [2.75, 3.05) is 0 Å². The molecule has 1 aliphatic carbocycles. The lowest BCUT2D eigenvalue weighted by Gasteiger charge is -2.11. The van der Waals surface area contributed by atoms with Crippen LogP contribution in [0, 0.1) is 0 Å². The molecule has 0 spiro atoms. The lowest BCUT2D eigenvalue weighted by Crippen LogP contribution is -2.04. The first-order chi connectivity index (χ1) is 6.12. The summed E-state index contributed by atoms with van der Waals surface area (Å²) in [6.07, 6.45) is 4.57. The van der Waals surface area contributed by atoms with E-state index in [0.29, 0.717) is 11.3 Å². The molecule has 0 saturated heterocycles. The van der Waals surface area contributed by atoms with Gasteiger partial charge in [-0.15, -0.1) is 0 Å². The number of pyridine rings is 1. The Morgan fingerprint density at radius 3 is 2.62 bits per heavy atom. The summed E-state index contributed by atoms with van der Waals surface area (Å²) in [5, 5.41) is 0. The molecule has 1 heterocycles. The monoisotopic (exact) mass is 175 g/mol. The van der Waals surface area contributed by atoms with E-state index >= 15 is 0 Å². The summed E-state index contributed by atoms with van der Waals surface area (Å²) in [4.78, 5) is 4.46. The number of nitrogens with zero attached hydrogens (tertiary/aromatic N) is 1. The van der Waals surface area contributed by atoms with E-state index in [2.05, 4.69) is 37.9 Å². The van der Waals surface area contributed by atoms with Crippen LogP contribution < -0.4 is 0 Å². The van der Waals surface area contributed by atoms with Gasteiger partial charge in [-0.2, -0.15) is 0 Å². The van der Waals surface area contributed by atoms with E-state index in [4.69, 9.17) is 0 Å². The van der Waals surface area contributed by atoms with Gasteiger partial charge in [0.25, 0.3) is 0 Å². The van der Waals surface area contributed by atoms with Gasteiger partial charge in [0.15, 0.2) is 0 Å². The maximum atomic E-state index is 4.46. The van der Waals surface area contributed by atoms with Crippen molar-refractivity contribution in [2.45, 2.75) is 44.9 Å². The summed E-state index contributed by atoms with van der Waals surface area (Å²) in [6.45, 7) is 6.77. The number of hydrogen-bond acceptors (Lipinski definition) is 1. The lowest BCUT2D eigenvalue weighted by molar-refractivity contribution is 0.740. The van der Waals surface area contributed by atoms with E-state index in [-0.39, 0.29) is 0 Å². The van der Waals surface area contributed by atoms with Crippen LogP contribution in [0.15, 0.2) is 18.3 Å². The molecule has 13 heavy (non-hydrogen) atoms. The molecule has 1 heteroatoms. The molecule has 2 rings (SSSR count). The molecule has 0 unspecified atom stereocenters. The SMILES string of the molecule is CC(C)c1ccnc(C2(C)CC2)c1. The molecule has 70 valence electrons. The average Bonchev–Trinajstić information content (AvgIpc) is 2.85. The lowest BCUT2D eigenvalue weighted by atomic mass is 9.98. The van der Waals surface area contributed by atoms with Crippen LogP contribution in [0.2, 0.25) is 0 Å². The Hall–Kier alpha value is -0.850. The smallest absolute Gasteiger partial charge is 0.0465 e. The van der Waals surface area contributed by atoms with Gasteiger partial charge in [0.2, 0.25) is 0 Å². The van der Waals surface area contributed by atoms with Crippen LogP contribution in [0.5, 0.6) is 0 Å². The zero-order chi connectivity index (χ0) is 9.47.